The number of hydrogen-bond donors (Lipinski definition) is 2. The Balaban J connectivity index is 1.65. The average Bonchev–Trinajstić information content (AvgIpc) is 2.77. The Kier molecular flexibility index (Phi) is 4.71. The van der Waals surface area contributed by atoms with Gasteiger partial charge in [-0.05, 0) is 37.0 Å². The predicted octanol–water partition coefficient (Wildman–Crippen LogP) is 4.20. The van der Waals surface area contributed by atoms with Crippen LogP contribution < -0.4 is 5.32 Å². The molecule has 21 heavy (non-hydrogen) atoms. The first kappa shape index (κ1) is 14.3. The van der Waals surface area contributed by atoms with Gasteiger partial charge < -0.3 is 5.32 Å². The Morgan fingerprint density at radius 3 is 2.71 bits per heavy atom. The van der Waals surface area contributed by atoms with Crippen molar-refractivity contribution in [3.63, 3.8) is 0 Å². The first-order chi connectivity index (χ1) is 10.3. The van der Waals surface area contributed by atoms with Crippen LogP contribution in [-0.2, 0) is 6.54 Å². The van der Waals surface area contributed by atoms with Crippen molar-refractivity contribution in [1.29, 1.82) is 0 Å². The van der Waals surface area contributed by atoms with Gasteiger partial charge in [-0.3, -0.25) is 5.10 Å². The van der Waals surface area contributed by atoms with E-state index in [1.54, 1.807) is 0 Å². The van der Waals surface area contributed by atoms with E-state index in [0.29, 0.717) is 6.04 Å². The highest BCUT2D eigenvalue weighted by Gasteiger charge is 2.11. The quantitative estimate of drug-likeness (QED) is 0.826. The Morgan fingerprint density at radius 1 is 1.19 bits per heavy atom. The lowest BCUT2D eigenvalue weighted by Gasteiger charge is -2.16. The molecule has 2 N–H and O–H groups in total. The summed E-state index contributed by atoms with van der Waals surface area (Å²) in [5.74, 6) is 0. The van der Waals surface area contributed by atoms with E-state index in [0.717, 1.165) is 12.2 Å². The summed E-state index contributed by atoms with van der Waals surface area (Å²) in [4.78, 5) is 0. The summed E-state index contributed by atoms with van der Waals surface area (Å²) in [5.41, 5.74) is 4.81. The van der Waals surface area contributed by atoms with Crippen LogP contribution in [0.2, 0.25) is 0 Å². The van der Waals surface area contributed by atoms with E-state index in [9.17, 15) is 0 Å². The maximum atomic E-state index is 4.34. The molecule has 1 saturated carbocycles. The second-order valence-corrected chi connectivity index (χ2v) is 6.19. The van der Waals surface area contributed by atoms with Crippen molar-refractivity contribution in [2.75, 3.05) is 0 Å². The summed E-state index contributed by atoms with van der Waals surface area (Å²) >= 11 is 0. The molecule has 0 bridgehead atoms. The molecule has 1 aromatic carbocycles. The van der Waals surface area contributed by atoms with Gasteiger partial charge in [-0.25, -0.2) is 0 Å². The third-order valence-corrected chi connectivity index (χ3v) is 4.48. The molecule has 1 aliphatic carbocycles. The molecule has 0 saturated heterocycles. The maximum absolute atomic E-state index is 4.34. The molecule has 0 aliphatic heterocycles. The molecule has 3 heteroatoms. The van der Waals surface area contributed by atoms with Crippen LogP contribution in [0.4, 0.5) is 0 Å². The van der Waals surface area contributed by atoms with Crippen LogP contribution in [0.15, 0.2) is 30.5 Å². The van der Waals surface area contributed by atoms with Crippen molar-refractivity contribution in [3.8, 4) is 11.3 Å². The first-order valence-electron chi connectivity index (χ1n) is 8.16. The minimum atomic E-state index is 0.697. The molecule has 3 rings (SSSR count). The molecular formula is C18H25N3. The molecule has 0 spiro atoms. The molecule has 2 aromatic rings. The smallest absolute Gasteiger partial charge is 0.0949 e. The molecule has 0 radical (unpaired) electrons. The van der Waals surface area contributed by atoms with E-state index < -0.39 is 0 Å². The zero-order valence-corrected chi connectivity index (χ0v) is 12.9. The van der Waals surface area contributed by atoms with Crippen molar-refractivity contribution >= 4 is 0 Å². The van der Waals surface area contributed by atoms with Crippen molar-refractivity contribution in [2.24, 2.45) is 0 Å². The zero-order valence-electron chi connectivity index (χ0n) is 12.9. The Labute approximate surface area is 127 Å². The number of rotatable bonds is 4. The van der Waals surface area contributed by atoms with Gasteiger partial charge in [0.05, 0.1) is 5.69 Å². The number of aromatic amines is 1. The minimum absolute atomic E-state index is 0.697. The second-order valence-electron chi connectivity index (χ2n) is 6.19. The van der Waals surface area contributed by atoms with E-state index in [2.05, 4.69) is 46.7 Å². The lowest BCUT2D eigenvalue weighted by Crippen LogP contribution is -2.27. The number of nitrogens with zero attached hydrogens (tertiary/aromatic N) is 1. The minimum Gasteiger partial charge on any atom is -0.310 e. The number of aryl methyl sites for hydroxylation is 1. The third-order valence-electron chi connectivity index (χ3n) is 4.48. The van der Waals surface area contributed by atoms with Gasteiger partial charge in [0.25, 0.3) is 0 Å². The average molecular weight is 283 g/mol. The largest absolute Gasteiger partial charge is 0.310 e. The zero-order chi connectivity index (χ0) is 14.5. The van der Waals surface area contributed by atoms with Crippen molar-refractivity contribution < 1.29 is 0 Å². The van der Waals surface area contributed by atoms with Crippen LogP contribution in [0, 0.1) is 6.92 Å². The molecule has 0 unspecified atom stereocenters. The third kappa shape index (κ3) is 3.73. The van der Waals surface area contributed by atoms with Gasteiger partial charge in [0, 0.05) is 24.3 Å². The van der Waals surface area contributed by atoms with Gasteiger partial charge in [-0.1, -0.05) is 43.9 Å². The van der Waals surface area contributed by atoms with Crippen LogP contribution in [0.25, 0.3) is 11.3 Å². The van der Waals surface area contributed by atoms with E-state index in [-0.39, 0.29) is 0 Å². The molecule has 1 heterocycles. The van der Waals surface area contributed by atoms with Crippen LogP contribution in [0.1, 0.15) is 49.7 Å². The Morgan fingerprint density at radius 2 is 2.00 bits per heavy atom. The fraction of sp³-hybridized carbons (Fsp3) is 0.500. The number of aromatic nitrogens is 2. The summed E-state index contributed by atoms with van der Waals surface area (Å²) in [7, 11) is 0. The Bertz CT molecular complexity index is 565. The van der Waals surface area contributed by atoms with Gasteiger partial charge in [0.2, 0.25) is 0 Å². The van der Waals surface area contributed by atoms with E-state index in [1.807, 2.05) is 6.20 Å². The molecule has 0 amide bonds. The molecule has 3 nitrogen and oxygen atoms in total. The van der Waals surface area contributed by atoms with Crippen molar-refractivity contribution in [1.82, 2.24) is 15.5 Å². The van der Waals surface area contributed by atoms with E-state index in [4.69, 9.17) is 0 Å². The molecule has 1 aliphatic rings. The lowest BCUT2D eigenvalue weighted by molar-refractivity contribution is 0.459. The summed E-state index contributed by atoms with van der Waals surface area (Å²) in [6.45, 7) is 3.05. The van der Waals surface area contributed by atoms with Crippen LogP contribution in [0.3, 0.4) is 0 Å². The standard InChI is InChI=1S/C18H25N3/c1-14-12-20-21-18(14)16-8-6-7-15(11-16)13-19-17-9-4-2-3-5-10-17/h6-8,11-12,17,19H,2-5,9-10,13H2,1H3,(H,20,21). The topological polar surface area (TPSA) is 40.7 Å². The highest BCUT2D eigenvalue weighted by atomic mass is 15.1. The highest BCUT2D eigenvalue weighted by Crippen LogP contribution is 2.22. The summed E-state index contributed by atoms with van der Waals surface area (Å²) in [5, 5.41) is 11.0. The van der Waals surface area contributed by atoms with Crippen molar-refractivity contribution in [2.45, 2.75) is 58.0 Å². The molecule has 1 aromatic heterocycles. The van der Waals surface area contributed by atoms with Gasteiger partial charge in [0.15, 0.2) is 0 Å². The first-order valence-corrected chi connectivity index (χ1v) is 8.16. The summed E-state index contributed by atoms with van der Waals surface area (Å²) in [6.07, 6.45) is 10.2. The maximum Gasteiger partial charge on any atom is 0.0949 e. The Hall–Kier alpha value is -1.61. The molecule has 0 atom stereocenters. The second kappa shape index (κ2) is 6.90. The number of benzene rings is 1. The van der Waals surface area contributed by atoms with Gasteiger partial charge in [0.1, 0.15) is 0 Å². The number of hydrogen-bond acceptors (Lipinski definition) is 2. The van der Waals surface area contributed by atoms with Crippen LogP contribution in [0.5, 0.6) is 0 Å². The highest BCUT2D eigenvalue weighted by molar-refractivity contribution is 5.62. The molecule has 1 fully saturated rings. The molecule has 112 valence electrons. The van der Waals surface area contributed by atoms with Crippen molar-refractivity contribution in [3.05, 3.63) is 41.6 Å². The van der Waals surface area contributed by atoms with Gasteiger partial charge in [-0.2, -0.15) is 5.10 Å². The molecular weight excluding hydrogens is 258 g/mol. The van der Waals surface area contributed by atoms with Crippen LogP contribution in [-0.4, -0.2) is 16.2 Å². The monoisotopic (exact) mass is 283 g/mol. The van der Waals surface area contributed by atoms with Gasteiger partial charge in [-0.15, -0.1) is 0 Å². The lowest BCUT2D eigenvalue weighted by atomic mass is 10.0. The van der Waals surface area contributed by atoms with E-state index >= 15 is 0 Å². The van der Waals surface area contributed by atoms with Gasteiger partial charge >= 0.3 is 0 Å². The van der Waals surface area contributed by atoms with E-state index in [1.165, 1.54) is 55.2 Å². The number of nitrogens with one attached hydrogen (secondary N) is 2. The normalized spacial score (nSPS) is 16.8. The SMILES string of the molecule is Cc1c[nH]nc1-c1cccc(CNC2CCCCCC2)c1. The fourth-order valence-electron chi connectivity index (χ4n) is 3.22. The predicted molar refractivity (Wildman–Crippen MR) is 87.1 cm³/mol. The summed E-state index contributed by atoms with van der Waals surface area (Å²) < 4.78 is 0. The summed E-state index contributed by atoms with van der Waals surface area (Å²) in [6, 6.07) is 9.43. The number of H-pyrrole nitrogens is 1. The van der Waals surface area contributed by atoms with Crippen LogP contribution >= 0.6 is 0 Å². The fourth-order valence-corrected chi connectivity index (χ4v) is 3.22.